The average Bonchev–Trinajstić information content (AvgIpc) is 2.51. The summed E-state index contributed by atoms with van der Waals surface area (Å²) >= 11 is 0. The number of rotatable bonds is 3. The van der Waals surface area contributed by atoms with Gasteiger partial charge >= 0.3 is 0 Å². The van der Waals surface area contributed by atoms with Crippen molar-refractivity contribution < 1.29 is 4.79 Å². The van der Waals surface area contributed by atoms with Gasteiger partial charge in [-0.25, -0.2) is 0 Å². The van der Waals surface area contributed by atoms with Gasteiger partial charge in [0.05, 0.1) is 11.3 Å². The number of carbonyl (C=O) groups is 1. The van der Waals surface area contributed by atoms with E-state index < -0.39 is 0 Å². The molecular weight excluding hydrogens is 250 g/mol. The van der Waals surface area contributed by atoms with Crippen LogP contribution in [0.4, 0.5) is 5.69 Å². The molecule has 2 aromatic rings. The summed E-state index contributed by atoms with van der Waals surface area (Å²) in [6.07, 6.45) is 3.19. The number of pyridine rings is 1. The second-order valence-electron chi connectivity index (χ2n) is 4.59. The Hall–Kier alpha value is -2.62. The standard InChI is InChI=1S/C16H15N3O/c1-2-11-19-15(14-9-5-6-10-17-14)18-13-8-4-3-7-12(13)16(19)20/h2-10,15,18H,1,11H2. The van der Waals surface area contributed by atoms with Crippen molar-refractivity contribution in [3.63, 3.8) is 0 Å². The van der Waals surface area contributed by atoms with Crippen molar-refractivity contribution in [1.82, 2.24) is 9.88 Å². The number of carbonyl (C=O) groups excluding carboxylic acids is 1. The van der Waals surface area contributed by atoms with Crippen LogP contribution < -0.4 is 5.32 Å². The van der Waals surface area contributed by atoms with Gasteiger partial charge in [0.25, 0.3) is 5.91 Å². The summed E-state index contributed by atoms with van der Waals surface area (Å²) < 4.78 is 0. The SMILES string of the molecule is C=CCN1C(=O)c2ccccc2NC1c1ccccn1. The topological polar surface area (TPSA) is 45.2 Å². The van der Waals surface area contributed by atoms with Crippen molar-refractivity contribution in [2.75, 3.05) is 11.9 Å². The van der Waals surface area contributed by atoms with E-state index in [9.17, 15) is 4.79 Å². The zero-order valence-electron chi connectivity index (χ0n) is 11.0. The summed E-state index contributed by atoms with van der Waals surface area (Å²) in [5.74, 6) is -0.00472. The largest absolute Gasteiger partial charge is 0.359 e. The quantitative estimate of drug-likeness (QED) is 0.868. The van der Waals surface area contributed by atoms with Crippen LogP contribution in [0, 0.1) is 0 Å². The van der Waals surface area contributed by atoms with Crippen LogP contribution in [0.3, 0.4) is 0 Å². The molecule has 1 atom stereocenters. The summed E-state index contributed by atoms with van der Waals surface area (Å²) in [4.78, 5) is 18.7. The fourth-order valence-electron chi connectivity index (χ4n) is 2.39. The van der Waals surface area contributed by atoms with Gasteiger partial charge in [-0.2, -0.15) is 0 Å². The molecule has 4 heteroatoms. The first-order chi connectivity index (χ1) is 9.81. The number of benzene rings is 1. The predicted molar refractivity (Wildman–Crippen MR) is 78.3 cm³/mol. The number of amides is 1. The van der Waals surface area contributed by atoms with Gasteiger partial charge in [-0.1, -0.05) is 24.3 Å². The smallest absolute Gasteiger partial charge is 0.258 e. The molecule has 100 valence electrons. The van der Waals surface area contributed by atoms with Crippen molar-refractivity contribution in [2.24, 2.45) is 0 Å². The van der Waals surface area contributed by atoms with Crippen LogP contribution in [0.1, 0.15) is 22.2 Å². The van der Waals surface area contributed by atoms with Gasteiger partial charge in [-0.3, -0.25) is 9.78 Å². The van der Waals surface area contributed by atoms with Crippen LogP contribution in [0.5, 0.6) is 0 Å². The van der Waals surface area contributed by atoms with Crippen molar-refractivity contribution in [2.45, 2.75) is 6.17 Å². The third kappa shape index (κ3) is 2.05. The molecule has 0 spiro atoms. The van der Waals surface area contributed by atoms with Crippen molar-refractivity contribution >= 4 is 11.6 Å². The fraction of sp³-hybridized carbons (Fsp3) is 0.125. The molecule has 0 fully saturated rings. The van der Waals surface area contributed by atoms with E-state index in [1.807, 2.05) is 42.5 Å². The minimum absolute atomic E-state index is 0.00472. The number of hydrogen-bond donors (Lipinski definition) is 1. The molecule has 1 N–H and O–H groups in total. The molecule has 1 unspecified atom stereocenters. The Kier molecular flexibility index (Phi) is 3.21. The van der Waals surface area contributed by atoms with Gasteiger partial charge < -0.3 is 10.2 Å². The predicted octanol–water partition coefficient (Wildman–Crippen LogP) is 2.83. The molecule has 1 aliphatic rings. The molecule has 0 saturated carbocycles. The molecule has 4 nitrogen and oxygen atoms in total. The highest BCUT2D eigenvalue weighted by molar-refractivity contribution is 6.01. The molecule has 0 bridgehead atoms. The Morgan fingerprint density at radius 2 is 2.05 bits per heavy atom. The third-order valence-electron chi connectivity index (χ3n) is 3.32. The van der Waals surface area contributed by atoms with Crippen molar-refractivity contribution in [3.05, 3.63) is 72.6 Å². The summed E-state index contributed by atoms with van der Waals surface area (Å²) in [5, 5.41) is 3.37. The summed E-state index contributed by atoms with van der Waals surface area (Å²) in [7, 11) is 0. The maximum atomic E-state index is 12.6. The highest BCUT2D eigenvalue weighted by Gasteiger charge is 2.32. The number of nitrogens with zero attached hydrogens (tertiary/aromatic N) is 2. The lowest BCUT2D eigenvalue weighted by molar-refractivity contribution is 0.0704. The van der Waals surface area contributed by atoms with E-state index in [1.165, 1.54) is 0 Å². The van der Waals surface area contributed by atoms with Crippen LogP contribution in [0.25, 0.3) is 0 Å². The summed E-state index contributed by atoms with van der Waals surface area (Å²) in [5.41, 5.74) is 2.34. The Morgan fingerprint density at radius 1 is 1.25 bits per heavy atom. The minimum Gasteiger partial charge on any atom is -0.359 e. The average molecular weight is 265 g/mol. The van der Waals surface area contributed by atoms with Crippen molar-refractivity contribution in [1.29, 1.82) is 0 Å². The Labute approximate surface area is 117 Å². The van der Waals surface area contributed by atoms with Gasteiger partial charge in [0.1, 0.15) is 6.17 Å². The van der Waals surface area contributed by atoms with E-state index in [-0.39, 0.29) is 12.1 Å². The second kappa shape index (κ2) is 5.17. The lowest BCUT2D eigenvalue weighted by Crippen LogP contribution is -2.43. The van der Waals surface area contributed by atoms with Crippen LogP contribution in [0.15, 0.2) is 61.3 Å². The molecule has 0 saturated heterocycles. The first-order valence-electron chi connectivity index (χ1n) is 6.49. The van der Waals surface area contributed by atoms with Gasteiger partial charge in [0.2, 0.25) is 0 Å². The molecule has 2 heterocycles. The van der Waals surface area contributed by atoms with E-state index in [1.54, 1.807) is 17.2 Å². The number of fused-ring (bicyclic) bond motifs is 1. The molecule has 0 radical (unpaired) electrons. The van der Waals surface area contributed by atoms with Gasteiger partial charge in [0.15, 0.2) is 0 Å². The Bertz CT molecular complexity index is 639. The normalized spacial score (nSPS) is 17.3. The minimum atomic E-state index is -0.267. The van der Waals surface area contributed by atoms with Crippen LogP contribution in [-0.2, 0) is 0 Å². The molecule has 1 aliphatic heterocycles. The first-order valence-corrected chi connectivity index (χ1v) is 6.49. The van der Waals surface area contributed by atoms with Crippen LogP contribution >= 0.6 is 0 Å². The molecule has 20 heavy (non-hydrogen) atoms. The van der Waals surface area contributed by atoms with Gasteiger partial charge in [-0.15, -0.1) is 6.58 Å². The molecule has 0 aliphatic carbocycles. The zero-order chi connectivity index (χ0) is 13.9. The summed E-state index contributed by atoms with van der Waals surface area (Å²) in [6, 6.07) is 13.2. The fourth-order valence-corrected chi connectivity index (χ4v) is 2.39. The lowest BCUT2D eigenvalue weighted by atomic mass is 10.1. The molecule has 1 aromatic heterocycles. The Morgan fingerprint density at radius 3 is 2.80 bits per heavy atom. The van der Waals surface area contributed by atoms with Crippen LogP contribution in [-0.4, -0.2) is 22.3 Å². The summed E-state index contributed by atoms with van der Waals surface area (Å²) in [6.45, 7) is 4.20. The molecule has 1 aromatic carbocycles. The third-order valence-corrected chi connectivity index (χ3v) is 3.32. The van der Waals surface area contributed by atoms with E-state index >= 15 is 0 Å². The monoisotopic (exact) mass is 265 g/mol. The Balaban J connectivity index is 2.05. The van der Waals surface area contributed by atoms with E-state index in [0.29, 0.717) is 12.1 Å². The second-order valence-corrected chi connectivity index (χ2v) is 4.59. The van der Waals surface area contributed by atoms with Crippen LogP contribution in [0.2, 0.25) is 0 Å². The maximum Gasteiger partial charge on any atom is 0.258 e. The number of hydrogen-bond acceptors (Lipinski definition) is 3. The number of anilines is 1. The number of nitrogens with one attached hydrogen (secondary N) is 1. The zero-order valence-corrected chi connectivity index (χ0v) is 11.0. The van der Waals surface area contributed by atoms with E-state index in [4.69, 9.17) is 0 Å². The molecule has 1 amide bonds. The first kappa shape index (κ1) is 12.4. The lowest BCUT2D eigenvalue weighted by Gasteiger charge is -2.36. The van der Waals surface area contributed by atoms with Gasteiger partial charge in [0, 0.05) is 18.4 Å². The highest BCUT2D eigenvalue weighted by atomic mass is 16.2. The van der Waals surface area contributed by atoms with Crippen molar-refractivity contribution in [3.8, 4) is 0 Å². The number of para-hydroxylation sites is 1. The molecular formula is C16H15N3O. The number of aromatic nitrogens is 1. The van der Waals surface area contributed by atoms with E-state index in [0.717, 1.165) is 11.4 Å². The maximum absolute atomic E-state index is 12.6. The molecule has 3 rings (SSSR count). The van der Waals surface area contributed by atoms with Gasteiger partial charge in [-0.05, 0) is 24.3 Å². The van der Waals surface area contributed by atoms with E-state index in [2.05, 4.69) is 16.9 Å². The highest BCUT2D eigenvalue weighted by Crippen LogP contribution is 2.31.